The van der Waals surface area contributed by atoms with E-state index >= 15 is 0 Å². The molecular formula is C26H32N2O4. The minimum absolute atomic E-state index is 0.430. The van der Waals surface area contributed by atoms with Crippen LogP contribution >= 0.6 is 0 Å². The summed E-state index contributed by atoms with van der Waals surface area (Å²) in [6.45, 7) is 10.6. The Morgan fingerprint density at radius 3 is 2.66 bits per heavy atom. The van der Waals surface area contributed by atoms with Gasteiger partial charge in [0, 0.05) is 35.5 Å². The predicted octanol–water partition coefficient (Wildman–Crippen LogP) is 5.21. The standard InChI is InChI=1S/C26H32N2O4/c1-15-17-9-8-14-31-20(17)11-10-18(15)22-19-12-13-28(6)24(19)27-16(2)21(22)23(25(29)30-7)32-26(3,4)5/h10-13,23H,8-9,14H2,1-7H3/t23-/m0/s1. The van der Waals surface area contributed by atoms with Gasteiger partial charge >= 0.3 is 5.97 Å². The maximum atomic E-state index is 13.0. The third kappa shape index (κ3) is 3.88. The minimum atomic E-state index is -0.890. The Balaban J connectivity index is 2.06. The molecule has 32 heavy (non-hydrogen) atoms. The normalized spacial score (nSPS) is 14.7. The number of methoxy groups -OCH3 is 1. The van der Waals surface area contributed by atoms with Gasteiger partial charge in [-0.15, -0.1) is 0 Å². The van der Waals surface area contributed by atoms with Crippen LogP contribution in [0.4, 0.5) is 0 Å². The maximum absolute atomic E-state index is 13.0. The summed E-state index contributed by atoms with van der Waals surface area (Å²) in [4.78, 5) is 17.8. The number of aryl methyl sites for hydroxylation is 2. The zero-order valence-corrected chi connectivity index (χ0v) is 20.0. The van der Waals surface area contributed by atoms with Gasteiger partial charge in [0.05, 0.1) is 19.3 Å². The first kappa shape index (κ1) is 22.3. The number of carbonyl (C=O) groups is 1. The van der Waals surface area contributed by atoms with Gasteiger partial charge in [-0.1, -0.05) is 6.07 Å². The van der Waals surface area contributed by atoms with Crippen molar-refractivity contribution in [1.29, 1.82) is 0 Å². The van der Waals surface area contributed by atoms with Crippen LogP contribution in [0.1, 0.15) is 55.7 Å². The van der Waals surface area contributed by atoms with Gasteiger partial charge in [-0.05, 0) is 76.3 Å². The molecule has 1 aliphatic rings. The molecule has 0 amide bonds. The van der Waals surface area contributed by atoms with Crippen molar-refractivity contribution >= 4 is 17.0 Å². The summed E-state index contributed by atoms with van der Waals surface area (Å²) >= 11 is 0. The molecule has 0 spiro atoms. The number of fused-ring (bicyclic) bond motifs is 2. The molecule has 3 aromatic rings. The summed E-state index contributed by atoms with van der Waals surface area (Å²) in [6.07, 6.45) is 3.08. The van der Waals surface area contributed by atoms with Gasteiger partial charge in [0.1, 0.15) is 11.4 Å². The average Bonchev–Trinajstić information content (AvgIpc) is 3.11. The van der Waals surface area contributed by atoms with Crippen LogP contribution in [0.2, 0.25) is 0 Å². The lowest BCUT2D eigenvalue weighted by atomic mass is 9.87. The quantitative estimate of drug-likeness (QED) is 0.525. The second kappa shape index (κ2) is 8.24. The van der Waals surface area contributed by atoms with E-state index < -0.39 is 17.7 Å². The highest BCUT2D eigenvalue weighted by Gasteiger charge is 2.34. The largest absolute Gasteiger partial charge is 0.493 e. The Bertz CT molecular complexity index is 1190. The van der Waals surface area contributed by atoms with Crippen molar-refractivity contribution < 1.29 is 19.0 Å². The fraction of sp³-hybridized carbons (Fsp3) is 0.462. The zero-order valence-electron chi connectivity index (χ0n) is 20.0. The lowest BCUT2D eigenvalue weighted by molar-refractivity contribution is -0.164. The fourth-order valence-corrected chi connectivity index (χ4v) is 4.58. The Labute approximate surface area is 189 Å². The Kier molecular flexibility index (Phi) is 5.76. The topological polar surface area (TPSA) is 62.6 Å². The van der Waals surface area contributed by atoms with Crippen LogP contribution in [0.3, 0.4) is 0 Å². The van der Waals surface area contributed by atoms with Crippen molar-refractivity contribution in [2.24, 2.45) is 7.05 Å². The number of esters is 1. The molecule has 0 saturated carbocycles. The van der Waals surface area contributed by atoms with Crippen LogP contribution < -0.4 is 4.74 Å². The van der Waals surface area contributed by atoms with E-state index in [9.17, 15) is 4.79 Å². The second-order valence-electron chi connectivity index (χ2n) is 9.45. The number of carbonyl (C=O) groups excluding carboxylic acids is 1. The van der Waals surface area contributed by atoms with E-state index in [0.717, 1.165) is 58.6 Å². The zero-order chi connectivity index (χ0) is 23.2. The lowest BCUT2D eigenvalue weighted by Gasteiger charge is -2.29. The van der Waals surface area contributed by atoms with Gasteiger partial charge < -0.3 is 18.8 Å². The number of pyridine rings is 1. The fourth-order valence-electron chi connectivity index (χ4n) is 4.58. The Morgan fingerprint density at radius 2 is 1.97 bits per heavy atom. The molecule has 1 aliphatic heterocycles. The van der Waals surface area contributed by atoms with Crippen molar-refractivity contribution in [2.75, 3.05) is 13.7 Å². The molecule has 6 heteroatoms. The summed E-state index contributed by atoms with van der Waals surface area (Å²) in [5, 5.41) is 0.985. The molecule has 1 atom stereocenters. The van der Waals surface area contributed by atoms with Gasteiger partial charge in [-0.2, -0.15) is 0 Å². The van der Waals surface area contributed by atoms with E-state index in [1.807, 2.05) is 51.6 Å². The first-order chi connectivity index (χ1) is 15.1. The molecule has 170 valence electrons. The molecule has 0 radical (unpaired) electrons. The van der Waals surface area contributed by atoms with Crippen LogP contribution in [-0.4, -0.2) is 34.8 Å². The van der Waals surface area contributed by atoms with E-state index in [1.54, 1.807) is 0 Å². The second-order valence-corrected chi connectivity index (χ2v) is 9.45. The van der Waals surface area contributed by atoms with Crippen LogP contribution in [0.5, 0.6) is 5.75 Å². The highest BCUT2D eigenvalue weighted by atomic mass is 16.6. The average molecular weight is 437 g/mol. The summed E-state index contributed by atoms with van der Waals surface area (Å²) in [5.74, 6) is 0.518. The molecule has 0 N–H and O–H groups in total. The summed E-state index contributed by atoms with van der Waals surface area (Å²) < 4.78 is 19.4. The number of hydrogen-bond acceptors (Lipinski definition) is 5. The summed E-state index contributed by atoms with van der Waals surface area (Å²) in [5.41, 5.74) is 6.26. The monoisotopic (exact) mass is 436 g/mol. The molecule has 0 fully saturated rings. The van der Waals surface area contributed by atoms with Gasteiger partial charge in [0.2, 0.25) is 0 Å². The van der Waals surface area contributed by atoms with Crippen LogP contribution in [0, 0.1) is 13.8 Å². The Morgan fingerprint density at radius 1 is 1.22 bits per heavy atom. The molecule has 0 bridgehead atoms. The number of nitrogens with zero attached hydrogens (tertiary/aromatic N) is 2. The molecule has 6 nitrogen and oxygen atoms in total. The van der Waals surface area contributed by atoms with E-state index in [2.05, 4.69) is 19.1 Å². The van der Waals surface area contributed by atoms with E-state index in [1.165, 1.54) is 18.2 Å². The van der Waals surface area contributed by atoms with Crippen molar-refractivity contribution in [1.82, 2.24) is 9.55 Å². The SMILES string of the molecule is COC(=O)[C@@H](OC(C)(C)C)c1c(C)nc2c(ccn2C)c1-c1ccc2c(c1C)CCCO2. The van der Waals surface area contributed by atoms with Crippen molar-refractivity contribution in [2.45, 2.75) is 59.2 Å². The van der Waals surface area contributed by atoms with Crippen LogP contribution in [0.25, 0.3) is 22.2 Å². The molecule has 0 saturated heterocycles. The van der Waals surface area contributed by atoms with E-state index in [-0.39, 0.29) is 0 Å². The summed E-state index contributed by atoms with van der Waals surface area (Å²) in [7, 11) is 3.38. The highest BCUT2D eigenvalue weighted by Crippen LogP contribution is 2.43. The van der Waals surface area contributed by atoms with Gasteiger partial charge in [0.25, 0.3) is 0 Å². The van der Waals surface area contributed by atoms with Gasteiger partial charge in [0.15, 0.2) is 6.10 Å². The molecule has 0 unspecified atom stereocenters. The van der Waals surface area contributed by atoms with Gasteiger partial charge in [-0.3, -0.25) is 0 Å². The number of ether oxygens (including phenoxy) is 3. The molecular weight excluding hydrogens is 404 g/mol. The van der Waals surface area contributed by atoms with Crippen molar-refractivity contribution in [3.63, 3.8) is 0 Å². The first-order valence-electron chi connectivity index (χ1n) is 11.1. The molecule has 1 aromatic carbocycles. The molecule has 2 aromatic heterocycles. The minimum Gasteiger partial charge on any atom is -0.493 e. The van der Waals surface area contributed by atoms with Crippen molar-refractivity contribution in [3.8, 4) is 16.9 Å². The third-order valence-corrected chi connectivity index (χ3v) is 6.04. The molecule has 4 rings (SSSR count). The first-order valence-corrected chi connectivity index (χ1v) is 11.1. The Hall–Kier alpha value is -2.86. The van der Waals surface area contributed by atoms with Crippen molar-refractivity contribution in [3.05, 3.63) is 46.8 Å². The number of benzene rings is 1. The highest BCUT2D eigenvalue weighted by molar-refractivity contribution is 5.99. The van der Waals surface area contributed by atoms with E-state index in [0.29, 0.717) is 0 Å². The predicted molar refractivity (Wildman–Crippen MR) is 125 cm³/mol. The number of hydrogen-bond donors (Lipinski definition) is 0. The smallest absolute Gasteiger partial charge is 0.339 e. The molecule has 3 heterocycles. The van der Waals surface area contributed by atoms with Gasteiger partial charge in [-0.25, -0.2) is 9.78 Å². The third-order valence-electron chi connectivity index (χ3n) is 6.04. The van der Waals surface area contributed by atoms with Crippen LogP contribution in [-0.2, 0) is 27.7 Å². The summed E-state index contributed by atoms with van der Waals surface area (Å²) in [6, 6.07) is 6.19. The number of aromatic nitrogens is 2. The molecule has 0 aliphatic carbocycles. The maximum Gasteiger partial charge on any atom is 0.339 e. The van der Waals surface area contributed by atoms with Crippen LogP contribution in [0.15, 0.2) is 24.4 Å². The van der Waals surface area contributed by atoms with E-state index in [4.69, 9.17) is 19.2 Å². The lowest BCUT2D eigenvalue weighted by Crippen LogP contribution is -2.29. The number of rotatable bonds is 4.